The zero-order valence-electron chi connectivity index (χ0n) is 10.9. The van der Waals surface area contributed by atoms with Crippen molar-refractivity contribution in [2.45, 2.75) is 31.2 Å². The molecule has 1 aliphatic carbocycles. The molecule has 1 saturated carbocycles. The number of aromatic amines is 1. The summed E-state index contributed by atoms with van der Waals surface area (Å²) < 4.78 is 13.4. The van der Waals surface area contributed by atoms with Gasteiger partial charge in [-0.25, -0.2) is 4.39 Å². The average molecular weight is 246 g/mol. The van der Waals surface area contributed by atoms with Gasteiger partial charge in [-0.2, -0.15) is 0 Å². The summed E-state index contributed by atoms with van der Waals surface area (Å²) in [5.74, 6) is 0.415. The van der Waals surface area contributed by atoms with Crippen molar-refractivity contribution in [3.8, 4) is 0 Å². The van der Waals surface area contributed by atoms with Crippen molar-refractivity contribution < 1.29 is 4.39 Å². The third-order valence-corrected chi connectivity index (χ3v) is 4.25. The Hall–Kier alpha value is -1.35. The summed E-state index contributed by atoms with van der Waals surface area (Å²) in [6.45, 7) is 0. The topological polar surface area (TPSA) is 19.0 Å². The zero-order chi connectivity index (χ0) is 12.7. The summed E-state index contributed by atoms with van der Waals surface area (Å²) in [7, 11) is 4.28. The Morgan fingerprint density at radius 2 is 2.11 bits per heavy atom. The molecule has 3 heteroatoms. The van der Waals surface area contributed by atoms with Crippen molar-refractivity contribution in [2.75, 3.05) is 14.1 Å². The number of nitrogens with zero attached hydrogens (tertiary/aromatic N) is 1. The molecule has 18 heavy (non-hydrogen) atoms. The SMILES string of the molecule is CN(C)[C@@H]1CC[C@H](c2c[nH]c3ccc(F)cc23)C1. The van der Waals surface area contributed by atoms with E-state index in [1.54, 1.807) is 6.07 Å². The van der Waals surface area contributed by atoms with Gasteiger partial charge in [-0.05, 0) is 63.0 Å². The van der Waals surface area contributed by atoms with Crippen LogP contribution in [0.15, 0.2) is 24.4 Å². The van der Waals surface area contributed by atoms with Crippen LogP contribution in [0.1, 0.15) is 30.7 Å². The molecule has 1 aromatic heterocycles. The lowest BCUT2D eigenvalue weighted by molar-refractivity contribution is 0.297. The summed E-state index contributed by atoms with van der Waals surface area (Å²) >= 11 is 0. The molecule has 0 bridgehead atoms. The van der Waals surface area contributed by atoms with Crippen LogP contribution in [0.4, 0.5) is 4.39 Å². The number of halogens is 1. The fraction of sp³-hybridized carbons (Fsp3) is 0.467. The van der Waals surface area contributed by atoms with E-state index < -0.39 is 0 Å². The Morgan fingerprint density at radius 1 is 1.28 bits per heavy atom. The van der Waals surface area contributed by atoms with Crippen LogP contribution in [0.3, 0.4) is 0 Å². The van der Waals surface area contributed by atoms with Crippen molar-refractivity contribution in [1.29, 1.82) is 0 Å². The molecule has 2 aromatic rings. The summed E-state index contributed by atoms with van der Waals surface area (Å²) in [5, 5.41) is 1.06. The Bertz CT molecular complexity index is 559. The van der Waals surface area contributed by atoms with Crippen LogP contribution in [0.2, 0.25) is 0 Å². The summed E-state index contributed by atoms with van der Waals surface area (Å²) in [6.07, 6.45) is 5.68. The molecule has 0 unspecified atom stereocenters. The number of fused-ring (bicyclic) bond motifs is 1. The van der Waals surface area contributed by atoms with Gasteiger partial charge in [0.1, 0.15) is 5.82 Å². The first-order valence-corrected chi connectivity index (χ1v) is 6.58. The highest BCUT2D eigenvalue weighted by Crippen LogP contribution is 2.39. The number of nitrogens with one attached hydrogen (secondary N) is 1. The summed E-state index contributed by atoms with van der Waals surface area (Å²) in [4.78, 5) is 5.56. The second-order valence-electron chi connectivity index (χ2n) is 5.56. The van der Waals surface area contributed by atoms with Crippen LogP contribution >= 0.6 is 0 Å². The Kier molecular flexibility index (Phi) is 2.86. The molecule has 0 spiro atoms. The molecular weight excluding hydrogens is 227 g/mol. The lowest BCUT2D eigenvalue weighted by Gasteiger charge is -2.18. The smallest absolute Gasteiger partial charge is 0.123 e. The highest BCUT2D eigenvalue weighted by atomic mass is 19.1. The molecule has 0 saturated heterocycles. The van der Waals surface area contributed by atoms with Crippen molar-refractivity contribution in [3.63, 3.8) is 0 Å². The van der Waals surface area contributed by atoms with E-state index in [1.165, 1.54) is 30.9 Å². The predicted molar refractivity (Wildman–Crippen MR) is 72.3 cm³/mol. The van der Waals surface area contributed by atoms with Gasteiger partial charge < -0.3 is 9.88 Å². The molecular formula is C15H19FN2. The highest BCUT2D eigenvalue weighted by Gasteiger charge is 2.28. The molecule has 1 fully saturated rings. The van der Waals surface area contributed by atoms with Gasteiger partial charge in [0.25, 0.3) is 0 Å². The lowest BCUT2D eigenvalue weighted by Crippen LogP contribution is -2.24. The molecule has 2 nitrogen and oxygen atoms in total. The van der Waals surface area contributed by atoms with Crippen molar-refractivity contribution >= 4 is 10.9 Å². The van der Waals surface area contributed by atoms with E-state index in [-0.39, 0.29) is 5.82 Å². The Morgan fingerprint density at radius 3 is 2.83 bits per heavy atom. The molecule has 1 N–H and O–H groups in total. The average Bonchev–Trinajstić information content (AvgIpc) is 2.93. The van der Waals surface area contributed by atoms with E-state index in [4.69, 9.17) is 0 Å². The lowest BCUT2D eigenvalue weighted by atomic mass is 9.97. The maximum absolute atomic E-state index is 13.4. The predicted octanol–water partition coefficient (Wildman–Crippen LogP) is 3.50. The Balaban J connectivity index is 1.93. The number of H-pyrrole nitrogens is 1. The summed E-state index contributed by atoms with van der Waals surface area (Å²) in [6, 6.07) is 5.66. The molecule has 0 aliphatic heterocycles. The van der Waals surface area contributed by atoms with Gasteiger partial charge in [0, 0.05) is 23.1 Å². The number of benzene rings is 1. The third kappa shape index (κ3) is 1.93. The highest BCUT2D eigenvalue weighted by molar-refractivity contribution is 5.83. The van der Waals surface area contributed by atoms with Gasteiger partial charge in [-0.3, -0.25) is 0 Å². The molecule has 0 radical (unpaired) electrons. The largest absolute Gasteiger partial charge is 0.361 e. The van der Waals surface area contributed by atoms with Crippen molar-refractivity contribution in [1.82, 2.24) is 9.88 Å². The molecule has 3 rings (SSSR count). The first-order chi connectivity index (χ1) is 8.65. The van der Waals surface area contributed by atoms with E-state index in [1.807, 2.05) is 6.07 Å². The van der Waals surface area contributed by atoms with Gasteiger partial charge in [-0.15, -0.1) is 0 Å². The van der Waals surface area contributed by atoms with Crippen molar-refractivity contribution in [3.05, 3.63) is 35.8 Å². The zero-order valence-corrected chi connectivity index (χ0v) is 10.9. The normalized spacial score (nSPS) is 24.2. The van der Waals surface area contributed by atoms with E-state index in [9.17, 15) is 4.39 Å². The van der Waals surface area contributed by atoms with E-state index in [0.717, 1.165) is 10.9 Å². The number of aromatic nitrogens is 1. The van der Waals surface area contributed by atoms with E-state index in [2.05, 4.69) is 30.2 Å². The van der Waals surface area contributed by atoms with Crippen LogP contribution < -0.4 is 0 Å². The molecule has 2 atom stereocenters. The molecule has 1 aromatic carbocycles. The standard InChI is InChI=1S/C15H19FN2/c1-18(2)12-5-3-10(7-12)14-9-17-15-6-4-11(16)8-13(14)15/h4,6,8-10,12,17H,3,5,7H2,1-2H3/t10-,12+/m0/s1. The molecule has 0 amide bonds. The fourth-order valence-electron chi connectivity index (χ4n) is 3.16. The second-order valence-corrected chi connectivity index (χ2v) is 5.56. The quantitative estimate of drug-likeness (QED) is 0.859. The van der Waals surface area contributed by atoms with Gasteiger partial charge in [0.2, 0.25) is 0 Å². The minimum atomic E-state index is -0.148. The van der Waals surface area contributed by atoms with Gasteiger partial charge in [0.15, 0.2) is 0 Å². The first kappa shape index (κ1) is 11.7. The van der Waals surface area contributed by atoms with Crippen LogP contribution in [-0.2, 0) is 0 Å². The van der Waals surface area contributed by atoms with Crippen molar-refractivity contribution in [2.24, 2.45) is 0 Å². The van der Waals surface area contributed by atoms with Gasteiger partial charge in [-0.1, -0.05) is 0 Å². The van der Waals surface area contributed by atoms with Crippen LogP contribution in [0.25, 0.3) is 10.9 Å². The van der Waals surface area contributed by atoms with E-state index >= 15 is 0 Å². The monoisotopic (exact) mass is 246 g/mol. The third-order valence-electron chi connectivity index (χ3n) is 4.25. The summed E-state index contributed by atoms with van der Waals surface area (Å²) in [5.41, 5.74) is 2.33. The molecule has 1 aliphatic rings. The molecule has 1 heterocycles. The maximum Gasteiger partial charge on any atom is 0.123 e. The second kappa shape index (κ2) is 4.39. The fourth-order valence-corrected chi connectivity index (χ4v) is 3.16. The minimum absolute atomic E-state index is 0.148. The van der Waals surface area contributed by atoms with Crippen LogP contribution in [0.5, 0.6) is 0 Å². The Labute approximate surface area is 107 Å². The minimum Gasteiger partial charge on any atom is -0.361 e. The number of hydrogen-bond acceptors (Lipinski definition) is 1. The van der Waals surface area contributed by atoms with Gasteiger partial charge >= 0.3 is 0 Å². The maximum atomic E-state index is 13.4. The van der Waals surface area contributed by atoms with Crippen LogP contribution in [-0.4, -0.2) is 30.0 Å². The van der Waals surface area contributed by atoms with Crippen LogP contribution in [0, 0.1) is 5.82 Å². The molecule has 96 valence electrons. The number of rotatable bonds is 2. The first-order valence-electron chi connectivity index (χ1n) is 6.58. The van der Waals surface area contributed by atoms with E-state index in [0.29, 0.717) is 12.0 Å². The number of hydrogen-bond donors (Lipinski definition) is 1. The van der Waals surface area contributed by atoms with Gasteiger partial charge in [0.05, 0.1) is 0 Å².